The zero-order valence-electron chi connectivity index (χ0n) is 7.59. The van der Waals surface area contributed by atoms with Gasteiger partial charge in [0.15, 0.2) is 5.82 Å². The summed E-state index contributed by atoms with van der Waals surface area (Å²) in [6.07, 6.45) is 3.03. The highest BCUT2D eigenvalue weighted by Crippen LogP contribution is 2.17. The first-order valence-corrected chi connectivity index (χ1v) is 4.52. The zero-order valence-corrected chi connectivity index (χ0v) is 8.35. The molecule has 0 aliphatic carbocycles. The number of primary amides is 1. The van der Waals surface area contributed by atoms with Gasteiger partial charge < -0.3 is 5.73 Å². The van der Waals surface area contributed by atoms with Gasteiger partial charge in [-0.25, -0.2) is 9.67 Å². The van der Waals surface area contributed by atoms with Crippen LogP contribution in [0.1, 0.15) is 10.5 Å². The number of hydrogen-bond donors (Lipinski definition) is 1. The molecule has 0 unspecified atom stereocenters. The molecule has 76 valence electrons. The molecular formula is C9H7ClN4O. The van der Waals surface area contributed by atoms with E-state index in [9.17, 15) is 4.79 Å². The van der Waals surface area contributed by atoms with Crippen molar-refractivity contribution < 1.29 is 4.79 Å². The summed E-state index contributed by atoms with van der Waals surface area (Å²) >= 11 is 5.92. The number of hydrogen-bond acceptors (Lipinski definition) is 3. The first-order valence-electron chi connectivity index (χ1n) is 4.15. The topological polar surface area (TPSA) is 73.8 Å². The molecular weight excluding hydrogens is 216 g/mol. The molecule has 0 aliphatic rings. The van der Waals surface area contributed by atoms with Gasteiger partial charge >= 0.3 is 0 Å². The van der Waals surface area contributed by atoms with E-state index in [-0.39, 0.29) is 5.69 Å². The zero-order chi connectivity index (χ0) is 10.8. The van der Waals surface area contributed by atoms with Crippen LogP contribution in [0.5, 0.6) is 0 Å². The van der Waals surface area contributed by atoms with E-state index >= 15 is 0 Å². The maximum atomic E-state index is 11.1. The summed E-state index contributed by atoms with van der Waals surface area (Å²) in [7, 11) is 0. The second-order valence-corrected chi connectivity index (χ2v) is 3.21. The maximum absolute atomic E-state index is 11.1. The van der Waals surface area contributed by atoms with Crippen molar-refractivity contribution in [2.24, 2.45) is 5.73 Å². The van der Waals surface area contributed by atoms with Gasteiger partial charge in [-0.15, -0.1) is 0 Å². The molecule has 0 saturated carbocycles. The molecule has 0 atom stereocenters. The molecule has 2 heterocycles. The molecule has 2 N–H and O–H groups in total. The number of carbonyl (C=O) groups is 1. The summed E-state index contributed by atoms with van der Waals surface area (Å²) in [5, 5.41) is 4.34. The molecule has 0 bridgehead atoms. The molecule has 15 heavy (non-hydrogen) atoms. The second kappa shape index (κ2) is 3.70. The summed E-state index contributed by atoms with van der Waals surface area (Å²) in [5.74, 6) is -0.188. The van der Waals surface area contributed by atoms with E-state index in [0.29, 0.717) is 10.8 Å². The lowest BCUT2D eigenvalue weighted by Gasteiger charge is -2.04. The average Bonchev–Trinajstić information content (AvgIpc) is 2.67. The van der Waals surface area contributed by atoms with Crippen molar-refractivity contribution in [3.05, 3.63) is 41.3 Å². The standard InChI is InChI=1S/C9H7ClN4O/c10-6-2-1-4-12-9(6)14-7(8(11)15)3-5-13-14/h1-5H,(H2,11,15). The van der Waals surface area contributed by atoms with Crippen LogP contribution in [0.25, 0.3) is 5.82 Å². The van der Waals surface area contributed by atoms with Crippen LogP contribution < -0.4 is 5.73 Å². The average molecular weight is 223 g/mol. The third-order valence-electron chi connectivity index (χ3n) is 1.83. The number of rotatable bonds is 2. The lowest BCUT2D eigenvalue weighted by molar-refractivity contribution is 0.0993. The second-order valence-electron chi connectivity index (χ2n) is 2.80. The number of nitrogens with zero attached hydrogens (tertiary/aromatic N) is 3. The number of halogens is 1. The Bertz CT molecular complexity index is 508. The van der Waals surface area contributed by atoms with E-state index in [1.54, 1.807) is 18.3 Å². The highest BCUT2D eigenvalue weighted by molar-refractivity contribution is 6.32. The van der Waals surface area contributed by atoms with Crippen LogP contribution >= 0.6 is 11.6 Å². The van der Waals surface area contributed by atoms with E-state index in [4.69, 9.17) is 17.3 Å². The Morgan fingerprint density at radius 2 is 2.20 bits per heavy atom. The molecule has 0 aromatic carbocycles. The van der Waals surface area contributed by atoms with Crippen molar-refractivity contribution in [1.82, 2.24) is 14.8 Å². The molecule has 5 nitrogen and oxygen atoms in total. The van der Waals surface area contributed by atoms with Gasteiger partial charge in [0.05, 0.1) is 11.2 Å². The first-order chi connectivity index (χ1) is 7.20. The Morgan fingerprint density at radius 3 is 2.87 bits per heavy atom. The smallest absolute Gasteiger partial charge is 0.267 e. The quantitative estimate of drug-likeness (QED) is 0.825. The minimum absolute atomic E-state index is 0.246. The van der Waals surface area contributed by atoms with Gasteiger partial charge in [0.1, 0.15) is 5.69 Å². The van der Waals surface area contributed by atoms with Crippen molar-refractivity contribution in [1.29, 1.82) is 0 Å². The van der Waals surface area contributed by atoms with Crippen molar-refractivity contribution in [3.8, 4) is 5.82 Å². The molecule has 0 aliphatic heterocycles. The van der Waals surface area contributed by atoms with Crippen LogP contribution in [-0.4, -0.2) is 20.7 Å². The normalized spacial score (nSPS) is 10.2. The fourth-order valence-electron chi connectivity index (χ4n) is 1.19. The Balaban J connectivity index is 2.59. The van der Waals surface area contributed by atoms with Crippen molar-refractivity contribution in [3.63, 3.8) is 0 Å². The third kappa shape index (κ3) is 1.69. The van der Waals surface area contributed by atoms with Gasteiger partial charge in [-0.05, 0) is 18.2 Å². The fraction of sp³-hybridized carbons (Fsp3) is 0. The predicted octanol–water partition coefficient (Wildman–Crippen LogP) is 1.02. The van der Waals surface area contributed by atoms with Crippen LogP contribution in [0.2, 0.25) is 5.02 Å². The summed E-state index contributed by atoms with van der Waals surface area (Å²) in [6.45, 7) is 0. The van der Waals surface area contributed by atoms with Gasteiger partial charge in [0, 0.05) is 6.20 Å². The Labute approximate surface area is 90.5 Å². The number of pyridine rings is 1. The molecule has 2 rings (SSSR count). The van der Waals surface area contributed by atoms with Gasteiger partial charge in [-0.1, -0.05) is 11.6 Å². The molecule has 1 amide bonds. The highest BCUT2D eigenvalue weighted by atomic mass is 35.5. The Kier molecular flexibility index (Phi) is 2.39. The molecule has 6 heteroatoms. The van der Waals surface area contributed by atoms with Gasteiger partial charge in [0.25, 0.3) is 5.91 Å². The largest absolute Gasteiger partial charge is 0.364 e. The Morgan fingerprint density at radius 1 is 1.40 bits per heavy atom. The van der Waals surface area contributed by atoms with Gasteiger partial charge in [0.2, 0.25) is 0 Å². The lowest BCUT2D eigenvalue weighted by atomic mass is 10.4. The number of nitrogens with two attached hydrogens (primary N) is 1. The summed E-state index contributed by atoms with van der Waals surface area (Å²) in [5.41, 5.74) is 5.42. The predicted molar refractivity (Wildman–Crippen MR) is 54.9 cm³/mol. The summed E-state index contributed by atoms with van der Waals surface area (Å²) in [6, 6.07) is 4.86. The SMILES string of the molecule is NC(=O)c1ccnn1-c1ncccc1Cl. The molecule has 0 radical (unpaired) electrons. The summed E-state index contributed by atoms with van der Waals surface area (Å²) in [4.78, 5) is 15.1. The molecule has 2 aromatic rings. The van der Waals surface area contributed by atoms with Gasteiger partial charge in [-0.3, -0.25) is 4.79 Å². The van der Waals surface area contributed by atoms with Crippen molar-refractivity contribution >= 4 is 17.5 Å². The maximum Gasteiger partial charge on any atom is 0.267 e. The number of amides is 1. The van der Waals surface area contributed by atoms with Crippen LogP contribution in [0.4, 0.5) is 0 Å². The number of aromatic nitrogens is 3. The molecule has 0 fully saturated rings. The van der Waals surface area contributed by atoms with Crippen molar-refractivity contribution in [2.45, 2.75) is 0 Å². The lowest BCUT2D eigenvalue weighted by Crippen LogP contribution is -2.17. The van der Waals surface area contributed by atoms with Crippen LogP contribution in [-0.2, 0) is 0 Å². The minimum Gasteiger partial charge on any atom is -0.364 e. The minimum atomic E-state index is -0.575. The van der Waals surface area contributed by atoms with E-state index in [0.717, 1.165) is 0 Å². The van der Waals surface area contributed by atoms with Crippen molar-refractivity contribution in [2.75, 3.05) is 0 Å². The monoisotopic (exact) mass is 222 g/mol. The highest BCUT2D eigenvalue weighted by Gasteiger charge is 2.12. The van der Waals surface area contributed by atoms with E-state index in [1.807, 2.05) is 0 Å². The fourth-order valence-corrected chi connectivity index (χ4v) is 1.39. The van der Waals surface area contributed by atoms with Crippen LogP contribution in [0, 0.1) is 0 Å². The van der Waals surface area contributed by atoms with Crippen LogP contribution in [0.3, 0.4) is 0 Å². The Hall–Kier alpha value is -1.88. The molecule has 0 saturated heterocycles. The van der Waals surface area contributed by atoms with E-state index in [1.165, 1.54) is 16.9 Å². The molecule has 2 aromatic heterocycles. The van der Waals surface area contributed by atoms with Gasteiger partial charge in [-0.2, -0.15) is 5.10 Å². The third-order valence-corrected chi connectivity index (χ3v) is 2.13. The first kappa shape index (κ1) is 9.67. The summed E-state index contributed by atoms with van der Waals surface area (Å²) < 4.78 is 1.31. The van der Waals surface area contributed by atoms with Crippen LogP contribution in [0.15, 0.2) is 30.6 Å². The molecule has 0 spiro atoms. The van der Waals surface area contributed by atoms with E-state index < -0.39 is 5.91 Å². The van der Waals surface area contributed by atoms with E-state index in [2.05, 4.69) is 10.1 Å². The number of carbonyl (C=O) groups excluding carboxylic acids is 1.